The zero-order chi connectivity index (χ0) is 15.5. The number of hydrogen-bond acceptors (Lipinski definition) is 4. The molecule has 0 unspecified atom stereocenters. The van der Waals surface area contributed by atoms with Gasteiger partial charge in [-0.1, -0.05) is 13.3 Å². The van der Waals surface area contributed by atoms with Crippen LogP contribution in [0.2, 0.25) is 0 Å². The second kappa shape index (κ2) is 6.60. The Balaban J connectivity index is 1.87. The van der Waals surface area contributed by atoms with Crippen molar-refractivity contribution in [3.05, 3.63) is 27.1 Å². The minimum absolute atomic E-state index is 0.0517. The number of nitrogens with zero attached hydrogens (tertiary/aromatic N) is 2. The second-order valence-corrected chi connectivity index (χ2v) is 6.86. The predicted molar refractivity (Wildman–Crippen MR) is 88.4 cm³/mol. The molecular formula is C16H21N3O2S. The molecule has 1 N–H and O–H groups in total. The lowest BCUT2D eigenvalue weighted by Gasteiger charge is -2.10. The summed E-state index contributed by atoms with van der Waals surface area (Å²) in [5.41, 5.74) is 1.10. The van der Waals surface area contributed by atoms with E-state index in [1.165, 1.54) is 27.8 Å². The van der Waals surface area contributed by atoms with Crippen LogP contribution in [0.15, 0.2) is 11.1 Å². The molecule has 0 aliphatic heterocycles. The van der Waals surface area contributed by atoms with Gasteiger partial charge < -0.3 is 5.32 Å². The Morgan fingerprint density at radius 1 is 1.41 bits per heavy atom. The summed E-state index contributed by atoms with van der Waals surface area (Å²) in [4.78, 5) is 31.1. The molecule has 6 heteroatoms. The lowest BCUT2D eigenvalue weighted by molar-refractivity contribution is -0.121. The highest BCUT2D eigenvalue weighted by molar-refractivity contribution is 7.18. The normalized spacial score (nSPS) is 14.0. The van der Waals surface area contributed by atoms with Gasteiger partial charge >= 0.3 is 0 Å². The third kappa shape index (κ3) is 2.92. The molecule has 22 heavy (non-hydrogen) atoms. The predicted octanol–water partition coefficient (Wildman–Crippen LogP) is 2.25. The van der Waals surface area contributed by atoms with E-state index in [0.717, 1.165) is 42.3 Å². The Bertz CT molecular complexity index is 748. The summed E-state index contributed by atoms with van der Waals surface area (Å²) in [7, 11) is 0. The highest BCUT2D eigenvalue weighted by Gasteiger charge is 2.20. The molecule has 0 atom stereocenters. The van der Waals surface area contributed by atoms with Gasteiger partial charge in [-0.25, -0.2) is 4.98 Å². The third-order valence-electron chi connectivity index (χ3n) is 4.11. The number of nitrogens with one attached hydrogen (secondary N) is 1. The van der Waals surface area contributed by atoms with Crippen molar-refractivity contribution >= 4 is 27.5 Å². The minimum Gasteiger partial charge on any atom is -0.355 e. The molecule has 0 saturated heterocycles. The van der Waals surface area contributed by atoms with E-state index in [4.69, 9.17) is 0 Å². The topological polar surface area (TPSA) is 64.0 Å². The zero-order valence-corrected chi connectivity index (χ0v) is 13.7. The smallest absolute Gasteiger partial charge is 0.262 e. The molecule has 0 bridgehead atoms. The molecule has 1 aliphatic carbocycles. The molecule has 0 saturated carbocycles. The van der Waals surface area contributed by atoms with Crippen LogP contribution in [0.5, 0.6) is 0 Å². The number of amides is 1. The maximum Gasteiger partial charge on any atom is 0.262 e. The average molecular weight is 319 g/mol. The maximum atomic E-state index is 12.7. The van der Waals surface area contributed by atoms with E-state index >= 15 is 0 Å². The molecule has 5 nitrogen and oxygen atoms in total. The Hall–Kier alpha value is -1.69. The van der Waals surface area contributed by atoms with Crippen LogP contribution in [0.1, 0.15) is 43.0 Å². The first-order valence-electron chi connectivity index (χ1n) is 7.97. The summed E-state index contributed by atoms with van der Waals surface area (Å²) < 4.78 is 1.44. The van der Waals surface area contributed by atoms with Gasteiger partial charge in [-0.15, -0.1) is 11.3 Å². The standard InChI is InChI=1S/C16H21N3O2S/c1-2-3-8-17-13(20)9-19-10-18-15-14(16(19)21)11-6-4-5-7-12(11)22-15/h10H,2-9H2,1H3,(H,17,20). The van der Waals surface area contributed by atoms with Crippen molar-refractivity contribution in [3.63, 3.8) is 0 Å². The van der Waals surface area contributed by atoms with Gasteiger partial charge in [-0.05, 0) is 37.7 Å². The molecule has 118 valence electrons. The highest BCUT2D eigenvalue weighted by Crippen LogP contribution is 2.33. The molecule has 2 aromatic heterocycles. The molecule has 3 rings (SSSR count). The fraction of sp³-hybridized carbons (Fsp3) is 0.562. The minimum atomic E-state index is -0.124. The molecule has 0 aromatic carbocycles. The third-order valence-corrected chi connectivity index (χ3v) is 5.31. The molecule has 2 aromatic rings. The fourth-order valence-electron chi connectivity index (χ4n) is 2.91. The van der Waals surface area contributed by atoms with Gasteiger partial charge in [0.1, 0.15) is 11.4 Å². The van der Waals surface area contributed by atoms with Crippen molar-refractivity contribution in [2.24, 2.45) is 0 Å². The Morgan fingerprint density at radius 2 is 2.23 bits per heavy atom. The SMILES string of the molecule is CCCCNC(=O)Cn1cnc2sc3c(c2c1=O)CCCC3. The van der Waals surface area contributed by atoms with E-state index in [9.17, 15) is 9.59 Å². The quantitative estimate of drug-likeness (QED) is 0.860. The number of carbonyl (C=O) groups is 1. The van der Waals surface area contributed by atoms with Crippen LogP contribution >= 0.6 is 11.3 Å². The number of aryl methyl sites for hydroxylation is 2. The van der Waals surface area contributed by atoms with Crippen LogP contribution in [0.3, 0.4) is 0 Å². The summed E-state index contributed by atoms with van der Waals surface area (Å²) in [6, 6.07) is 0. The van der Waals surface area contributed by atoms with Crippen molar-refractivity contribution in [1.82, 2.24) is 14.9 Å². The van der Waals surface area contributed by atoms with Crippen molar-refractivity contribution < 1.29 is 4.79 Å². The molecule has 2 heterocycles. The molecule has 1 amide bonds. The van der Waals surface area contributed by atoms with Crippen LogP contribution in [-0.2, 0) is 24.2 Å². The monoisotopic (exact) mass is 319 g/mol. The lowest BCUT2D eigenvalue weighted by Crippen LogP contribution is -2.33. The summed E-state index contributed by atoms with van der Waals surface area (Å²) >= 11 is 1.63. The molecule has 0 spiro atoms. The van der Waals surface area contributed by atoms with E-state index in [-0.39, 0.29) is 18.0 Å². The number of fused-ring (bicyclic) bond motifs is 3. The first-order valence-corrected chi connectivity index (χ1v) is 8.78. The Kier molecular flexibility index (Phi) is 4.57. The highest BCUT2D eigenvalue weighted by atomic mass is 32.1. The van der Waals surface area contributed by atoms with E-state index < -0.39 is 0 Å². The molecule has 1 aliphatic rings. The van der Waals surface area contributed by atoms with E-state index in [2.05, 4.69) is 17.2 Å². The van der Waals surface area contributed by atoms with E-state index in [1.54, 1.807) is 11.3 Å². The van der Waals surface area contributed by atoms with Gasteiger partial charge in [0, 0.05) is 11.4 Å². The van der Waals surface area contributed by atoms with Crippen LogP contribution in [0, 0.1) is 0 Å². The summed E-state index contributed by atoms with van der Waals surface area (Å²) in [5.74, 6) is -0.124. The van der Waals surface area contributed by atoms with Gasteiger partial charge in [0.2, 0.25) is 5.91 Å². The summed E-state index contributed by atoms with van der Waals surface area (Å²) in [5, 5.41) is 3.58. The van der Waals surface area contributed by atoms with Crippen LogP contribution in [0.25, 0.3) is 10.2 Å². The van der Waals surface area contributed by atoms with Gasteiger partial charge in [0.15, 0.2) is 0 Å². The van der Waals surface area contributed by atoms with Crippen LogP contribution < -0.4 is 10.9 Å². The number of thiophene rings is 1. The number of rotatable bonds is 5. The maximum absolute atomic E-state index is 12.7. The van der Waals surface area contributed by atoms with Crippen LogP contribution in [0.4, 0.5) is 0 Å². The summed E-state index contributed by atoms with van der Waals surface area (Å²) in [6.45, 7) is 2.79. The number of aromatic nitrogens is 2. The largest absolute Gasteiger partial charge is 0.355 e. The lowest BCUT2D eigenvalue weighted by atomic mass is 9.97. The second-order valence-electron chi connectivity index (χ2n) is 5.77. The Labute approximate surface area is 133 Å². The number of hydrogen-bond donors (Lipinski definition) is 1. The molecule has 0 radical (unpaired) electrons. The first kappa shape index (κ1) is 15.2. The van der Waals surface area contributed by atoms with E-state index in [0.29, 0.717) is 6.54 Å². The first-order chi connectivity index (χ1) is 10.7. The average Bonchev–Trinajstić information content (AvgIpc) is 2.89. The fourth-order valence-corrected chi connectivity index (χ4v) is 4.13. The molecular weight excluding hydrogens is 298 g/mol. The zero-order valence-electron chi connectivity index (χ0n) is 12.9. The van der Waals surface area contributed by atoms with Crippen molar-refractivity contribution in [2.75, 3.05) is 6.54 Å². The van der Waals surface area contributed by atoms with Gasteiger partial charge in [-0.2, -0.15) is 0 Å². The number of unbranched alkanes of at least 4 members (excludes halogenated alkanes) is 1. The van der Waals surface area contributed by atoms with E-state index in [1.807, 2.05) is 0 Å². The van der Waals surface area contributed by atoms with Crippen LogP contribution in [-0.4, -0.2) is 22.0 Å². The van der Waals surface area contributed by atoms with Crippen molar-refractivity contribution in [3.8, 4) is 0 Å². The van der Waals surface area contributed by atoms with Crippen molar-refractivity contribution in [1.29, 1.82) is 0 Å². The number of carbonyl (C=O) groups excluding carboxylic acids is 1. The van der Waals surface area contributed by atoms with Gasteiger partial charge in [0.25, 0.3) is 5.56 Å². The molecule has 0 fully saturated rings. The van der Waals surface area contributed by atoms with Gasteiger partial charge in [-0.3, -0.25) is 14.2 Å². The Morgan fingerprint density at radius 3 is 3.05 bits per heavy atom. The van der Waals surface area contributed by atoms with Crippen molar-refractivity contribution in [2.45, 2.75) is 52.0 Å². The van der Waals surface area contributed by atoms with Gasteiger partial charge in [0.05, 0.1) is 11.7 Å². The summed E-state index contributed by atoms with van der Waals surface area (Å²) in [6.07, 6.45) is 7.82.